The van der Waals surface area contributed by atoms with Crippen molar-refractivity contribution in [2.45, 2.75) is 20.4 Å². The predicted molar refractivity (Wildman–Crippen MR) is 116 cm³/mol. The Morgan fingerprint density at radius 1 is 0.839 bits per heavy atom. The van der Waals surface area contributed by atoms with Gasteiger partial charge in [0.25, 0.3) is 11.8 Å². The SMILES string of the molecule is CCOc1ncccc1C(=O)NCc1cccc(NC(=O)c2cccnc2OCC)c1. The molecule has 0 saturated carbocycles. The molecule has 0 aliphatic carbocycles. The van der Waals surface area contributed by atoms with E-state index in [1.807, 2.05) is 19.9 Å². The van der Waals surface area contributed by atoms with Crippen LogP contribution >= 0.6 is 0 Å². The van der Waals surface area contributed by atoms with Crippen molar-refractivity contribution < 1.29 is 19.1 Å². The van der Waals surface area contributed by atoms with Gasteiger partial charge in [-0.15, -0.1) is 0 Å². The minimum atomic E-state index is -0.325. The van der Waals surface area contributed by atoms with E-state index in [-0.39, 0.29) is 24.2 Å². The minimum Gasteiger partial charge on any atom is -0.477 e. The lowest BCUT2D eigenvalue weighted by molar-refractivity contribution is 0.0945. The number of nitrogens with one attached hydrogen (secondary N) is 2. The highest BCUT2D eigenvalue weighted by Crippen LogP contribution is 2.18. The number of carbonyl (C=O) groups excluding carboxylic acids is 2. The smallest absolute Gasteiger partial charge is 0.261 e. The quantitative estimate of drug-likeness (QED) is 0.550. The zero-order valence-corrected chi connectivity index (χ0v) is 17.4. The number of pyridine rings is 2. The Kier molecular flexibility index (Phi) is 7.53. The number of nitrogens with zero attached hydrogens (tertiary/aromatic N) is 2. The number of hydrogen-bond donors (Lipinski definition) is 2. The van der Waals surface area contributed by atoms with Crippen LogP contribution in [-0.2, 0) is 6.54 Å². The number of benzene rings is 1. The number of hydrogen-bond acceptors (Lipinski definition) is 6. The molecule has 1 aromatic carbocycles. The molecule has 0 saturated heterocycles. The Bertz CT molecular complexity index is 1060. The van der Waals surface area contributed by atoms with Crippen LogP contribution in [0.4, 0.5) is 5.69 Å². The van der Waals surface area contributed by atoms with Crippen molar-refractivity contribution in [1.82, 2.24) is 15.3 Å². The molecule has 0 spiro atoms. The van der Waals surface area contributed by atoms with E-state index in [4.69, 9.17) is 9.47 Å². The van der Waals surface area contributed by atoms with Gasteiger partial charge in [-0.1, -0.05) is 12.1 Å². The van der Waals surface area contributed by atoms with Gasteiger partial charge in [0, 0.05) is 24.6 Å². The molecule has 0 aliphatic heterocycles. The van der Waals surface area contributed by atoms with Crippen LogP contribution in [0.2, 0.25) is 0 Å². The van der Waals surface area contributed by atoms with E-state index in [1.54, 1.807) is 54.9 Å². The third-order valence-electron chi connectivity index (χ3n) is 4.23. The molecule has 2 heterocycles. The summed E-state index contributed by atoms with van der Waals surface area (Å²) in [6, 6.07) is 13.9. The fourth-order valence-electron chi connectivity index (χ4n) is 2.87. The predicted octanol–water partition coefficient (Wildman–Crippen LogP) is 3.46. The van der Waals surface area contributed by atoms with Crippen LogP contribution in [0.5, 0.6) is 11.8 Å². The molecule has 3 aromatic rings. The summed E-state index contributed by atoms with van der Waals surface area (Å²) in [6.07, 6.45) is 3.15. The number of rotatable bonds is 9. The maximum Gasteiger partial charge on any atom is 0.261 e. The molecule has 0 bridgehead atoms. The molecule has 8 nitrogen and oxygen atoms in total. The van der Waals surface area contributed by atoms with Crippen molar-refractivity contribution in [1.29, 1.82) is 0 Å². The van der Waals surface area contributed by atoms with E-state index in [2.05, 4.69) is 20.6 Å². The molecule has 8 heteroatoms. The Morgan fingerprint density at radius 2 is 1.45 bits per heavy atom. The van der Waals surface area contributed by atoms with E-state index >= 15 is 0 Å². The van der Waals surface area contributed by atoms with Crippen LogP contribution in [-0.4, -0.2) is 35.0 Å². The average molecular weight is 420 g/mol. The molecule has 0 aliphatic rings. The first-order valence-electron chi connectivity index (χ1n) is 9.96. The Labute approximate surface area is 180 Å². The highest BCUT2D eigenvalue weighted by molar-refractivity contribution is 6.05. The number of anilines is 1. The maximum absolute atomic E-state index is 12.6. The summed E-state index contributed by atoms with van der Waals surface area (Å²) in [5.41, 5.74) is 2.14. The van der Waals surface area contributed by atoms with E-state index in [0.717, 1.165) is 5.56 Å². The zero-order chi connectivity index (χ0) is 22.1. The van der Waals surface area contributed by atoms with E-state index in [1.165, 1.54) is 0 Å². The monoisotopic (exact) mass is 420 g/mol. The molecule has 2 aromatic heterocycles. The van der Waals surface area contributed by atoms with Gasteiger partial charge in [0.05, 0.1) is 13.2 Å². The Balaban J connectivity index is 1.66. The first-order valence-corrected chi connectivity index (χ1v) is 9.96. The van der Waals surface area contributed by atoms with Crippen LogP contribution in [0.25, 0.3) is 0 Å². The maximum atomic E-state index is 12.6. The van der Waals surface area contributed by atoms with Crippen molar-refractivity contribution in [3.63, 3.8) is 0 Å². The summed E-state index contributed by atoms with van der Waals surface area (Å²) < 4.78 is 10.8. The first-order chi connectivity index (χ1) is 15.1. The topological polar surface area (TPSA) is 102 Å². The van der Waals surface area contributed by atoms with Crippen molar-refractivity contribution in [2.24, 2.45) is 0 Å². The van der Waals surface area contributed by atoms with E-state index in [0.29, 0.717) is 35.9 Å². The van der Waals surface area contributed by atoms with Crippen molar-refractivity contribution >= 4 is 17.5 Å². The highest BCUT2D eigenvalue weighted by Gasteiger charge is 2.15. The van der Waals surface area contributed by atoms with Gasteiger partial charge in [0.2, 0.25) is 11.8 Å². The number of aromatic nitrogens is 2. The zero-order valence-electron chi connectivity index (χ0n) is 17.4. The normalized spacial score (nSPS) is 10.3. The first kappa shape index (κ1) is 21.8. The van der Waals surface area contributed by atoms with Crippen molar-refractivity contribution in [3.05, 3.63) is 77.6 Å². The van der Waals surface area contributed by atoms with Gasteiger partial charge in [-0.3, -0.25) is 9.59 Å². The molecule has 2 amide bonds. The lowest BCUT2D eigenvalue weighted by Gasteiger charge is -2.11. The second kappa shape index (κ2) is 10.7. The number of carbonyl (C=O) groups is 2. The number of ether oxygens (including phenoxy) is 2. The van der Waals surface area contributed by atoms with Crippen LogP contribution in [0.15, 0.2) is 60.9 Å². The van der Waals surface area contributed by atoms with Gasteiger partial charge < -0.3 is 20.1 Å². The molecule has 2 N–H and O–H groups in total. The average Bonchev–Trinajstić information content (AvgIpc) is 2.79. The van der Waals surface area contributed by atoms with Crippen molar-refractivity contribution in [2.75, 3.05) is 18.5 Å². The summed E-state index contributed by atoms with van der Waals surface area (Å²) >= 11 is 0. The largest absolute Gasteiger partial charge is 0.477 e. The molecule has 0 unspecified atom stereocenters. The molecule has 31 heavy (non-hydrogen) atoms. The summed E-state index contributed by atoms with van der Waals surface area (Å²) in [4.78, 5) is 33.4. The summed E-state index contributed by atoms with van der Waals surface area (Å²) in [5.74, 6) is -0.0327. The molecule has 160 valence electrons. The lowest BCUT2D eigenvalue weighted by Crippen LogP contribution is -2.24. The number of amides is 2. The Morgan fingerprint density at radius 3 is 2.06 bits per heavy atom. The minimum absolute atomic E-state index is 0.278. The highest BCUT2D eigenvalue weighted by atomic mass is 16.5. The molecule has 3 rings (SSSR count). The van der Waals surface area contributed by atoms with E-state index < -0.39 is 0 Å². The van der Waals surface area contributed by atoms with Gasteiger partial charge in [0.15, 0.2) is 0 Å². The van der Waals surface area contributed by atoms with Crippen LogP contribution < -0.4 is 20.1 Å². The molecule has 0 fully saturated rings. The van der Waals surface area contributed by atoms with Crippen LogP contribution in [0, 0.1) is 0 Å². The van der Waals surface area contributed by atoms with Gasteiger partial charge in [-0.2, -0.15) is 0 Å². The third-order valence-corrected chi connectivity index (χ3v) is 4.23. The standard InChI is InChI=1S/C23H24N4O4/c1-3-30-22-18(10-6-12-24-22)20(28)26-15-16-8-5-9-17(14-16)27-21(29)19-11-7-13-25-23(19)31-4-2/h5-14H,3-4,15H2,1-2H3,(H,26,28)(H,27,29). The Hall–Kier alpha value is -3.94. The fraction of sp³-hybridized carbons (Fsp3) is 0.217. The second-order valence-electron chi connectivity index (χ2n) is 6.42. The molecule has 0 atom stereocenters. The molecular weight excluding hydrogens is 396 g/mol. The van der Waals surface area contributed by atoms with Gasteiger partial charge >= 0.3 is 0 Å². The molecular formula is C23H24N4O4. The van der Waals surface area contributed by atoms with Crippen LogP contribution in [0.3, 0.4) is 0 Å². The molecule has 0 radical (unpaired) electrons. The van der Waals surface area contributed by atoms with Gasteiger partial charge in [0.1, 0.15) is 11.1 Å². The van der Waals surface area contributed by atoms with Gasteiger partial charge in [-0.05, 0) is 55.8 Å². The summed E-state index contributed by atoms with van der Waals surface area (Å²) in [5, 5.41) is 5.69. The fourth-order valence-corrected chi connectivity index (χ4v) is 2.87. The van der Waals surface area contributed by atoms with Crippen molar-refractivity contribution in [3.8, 4) is 11.8 Å². The second-order valence-corrected chi connectivity index (χ2v) is 6.42. The summed E-state index contributed by atoms with van der Waals surface area (Å²) in [7, 11) is 0. The van der Waals surface area contributed by atoms with E-state index in [9.17, 15) is 9.59 Å². The van der Waals surface area contributed by atoms with Crippen LogP contribution in [0.1, 0.15) is 40.1 Å². The van der Waals surface area contributed by atoms with Gasteiger partial charge in [-0.25, -0.2) is 9.97 Å². The third kappa shape index (κ3) is 5.79. The lowest BCUT2D eigenvalue weighted by atomic mass is 10.1. The summed E-state index contributed by atoms with van der Waals surface area (Å²) in [6.45, 7) is 4.77.